The van der Waals surface area contributed by atoms with Gasteiger partial charge in [0.15, 0.2) is 0 Å². The van der Waals surface area contributed by atoms with Gasteiger partial charge in [0.05, 0.1) is 0 Å². The molecule has 0 nitrogen and oxygen atoms in total. The predicted molar refractivity (Wildman–Crippen MR) is 64.0 cm³/mol. The van der Waals surface area contributed by atoms with Gasteiger partial charge in [0, 0.05) is 15.3 Å². The van der Waals surface area contributed by atoms with Crippen molar-refractivity contribution < 1.29 is 0 Å². The summed E-state index contributed by atoms with van der Waals surface area (Å²) in [6.07, 6.45) is 0. The first-order valence-corrected chi connectivity index (χ1v) is 8.80. The molecule has 0 aliphatic carbocycles. The summed E-state index contributed by atoms with van der Waals surface area (Å²) in [7, 11) is -1.21. The molecule has 0 saturated carbocycles. The van der Waals surface area contributed by atoms with Crippen LogP contribution < -0.4 is 0 Å². The van der Waals surface area contributed by atoms with Crippen molar-refractivity contribution in [2.24, 2.45) is 0 Å². The van der Waals surface area contributed by atoms with Crippen molar-refractivity contribution in [2.45, 2.75) is 33.5 Å². The first kappa shape index (κ1) is 10.6. The number of thiophene rings is 1. The Morgan fingerprint density at radius 1 is 1.23 bits per heavy atom. The van der Waals surface area contributed by atoms with Crippen LogP contribution in [0.2, 0.25) is 19.6 Å². The molecule has 1 rings (SSSR count). The number of hydrogen-bond acceptors (Lipinski definition) is 1. The summed E-state index contributed by atoms with van der Waals surface area (Å²) >= 11 is 1.83. The SMILES string of the molecule is Cc1cc(C#C[Si](C)(C)C)c(C)s1. The van der Waals surface area contributed by atoms with Crippen LogP contribution >= 0.6 is 11.3 Å². The molecule has 1 aromatic heterocycles. The van der Waals surface area contributed by atoms with Gasteiger partial charge in [-0.1, -0.05) is 25.6 Å². The number of rotatable bonds is 0. The average Bonchev–Trinajstić information content (AvgIpc) is 2.24. The zero-order valence-corrected chi connectivity index (χ0v) is 10.8. The topological polar surface area (TPSA) is 0 Å². The largest absolute Gasteiger partial charge is 0.145 e. The first-order chi connectivity index (χ1) is 5.88. The molecule has 1 aromatic rings. The quantitative estimate of drug-likeness (QED) is 0.451. The van der Waals surface area contributed by atoms with Crippen LogP contribution in [0.4, 0.5) is 0 Å². The van der Waals surface area contributed by atoms with E-state index >= 15 is 0 Å². The second-order valence-electron chi connectivity index (χ2n) is 4.33. The molecule has 0 N–H and O–H groups in total. The second kappa shape index (κ2) is 3.69. The predicted octanol–water partition coefficient (Wildman–Crippen LogP) is 3.59. The zero-order chi connectivity index (χ0) is 10.1. The molecule has 0 unspecified atom stereocenters. The van der Waals surface area contributed by atoms with E-state index in [4.69, 9.17) is 0 Å². The van der Waals surface area contributed by atoms with Crippen molar-refractivity contribution in [1.29, 1.82) is 0 Å². The molecule has 0 saturated heterocycles. The summed E-state index contributed by atoms with van der Waals surface area (Å²) in [5, 5.41) is 0. The molecular weight excluding hydrogens is 192 g/mol. The molecule has 0 aliphatic rings. The second-order valence-corrected chi connectivity index (χ2v) is 10.5. The highest BCUT2D eigenvalue weighted by Crippen LogP contribution is 2.19. The monoisotopic (exact) mass is 208 g/mol. The van der Waals surface area contributed by atoms with Crippen LogP contribution in [-0.2, 0) is 0 Å². The van der Waals surface area contributed by atoms with Gasteiger partial charge in [0.2, 0.25) is 0 Å². The molecule has 0 spiro atoms. The first-order valence-electron chi connectivity index (χ1n) is 4.49. The molecule has 0 aliphatic heterocycles. The molecular formula is C11H16SSi. The minimum absolute atomic E-state index is 1.21. The Hall–Kier alpha value is -0.523. The van der Waals surface area contributed by atoms with Gasteiger partial charge in [-0.15, -0.1) is 16.9 Å². The zero-order valence-electron chi connectivity index (χ0n) is 8.99. The lowest BCUT2D eigenvalue weighted by Gasteiger charge is -2.02. The Bertz CT molecular complexity index is 358. The minimum atomic E-state index is -1.21. The van der Waals surface area contributed by atoms with Crippen molar-refractivity contribution in [2.75, 3.05) is 0 Å². The summed E-state index contributed by atoms with van der Waals surface area (Å²) in [6.45, 7) is 11.1. The number of hydrogen-bond donors (Lipinski definition) is 0. The molecule has 0 aromatic carbocycles. The summed E-state index contributed by atoms with van der Waals surface area (Å²) in [4.78, 5) is 2.71. The van der Waals surface area contributed by atoms with Gasteiger partial charge in [0.1, 0.15) is 8.07 Å². The van der Waals surface area contributed by atoms with Gasteiger partial charge in [0.25, 0.3) is 0 Å². The highest BCUT2D eigenvalue weighted by atomic mass is 32.1. The third kappa shape index (κ3) is 3.37. The van der Waals surface area contributed by atoms with Crippen LogP contribution in [0.5, 0.6) is 0 Å². The molecule has 2 heteroatoms. The summed E-state index contributed by atoms with van der Waals surface area (Å²) in [6, 6.07) is 2.19. The van der Waals surface area contributed by atoms with Gasteiger partial charge in [-0.2, -0.15) is 0 Å². The highest BCUT2D eigenvalue weighted by Gasteiger charge is 2.08. The fourth-order valence-electron chi connectivity index (χ4n) is 1.01. The summed E-state index contributed by atoms with van der Waals surface area (Å²) in [5.41, 5.74) is 4.61. The Morgan fingerprint density at radius 2 is 1.85 bits per heavy atom. The van der Waals surface area contributed by atoms with E-state index in [9.17, 15) is 0 Å². The lowest BCUT2D eigenvalue weighted by atomic mass is 10.3. The Labute approximate surface area is 86.0 Å². The molecule has 0 atom stereocenters. The normalized spacial score (nSPS) is 10.8. The van der Waals surface area contributed by atoms with Crippen LogP contribution in [0.3, 0.4) is 0 Å². The molecule has 0 bridgehead atoms. The Morgan fingerprint density at radius 3 is 2.23 bits per heavy atom. The molecule has 0 radical (unpaired) electrons. The van der Waals surface area contributed by atoms with Gasteiger partial charge < -0.3 is 0 Å². The lowest BCUT2D eigenvalue weighted by molar-refractivity contribution is 1.56. The van der Waals surface area contributed by atoms with Crippen LogP contribution in [0, 0.1) is 25.3 Å². The van der Waals surface area contributed by atoms with E-state index in [0.29, 0.717) is 0 Å². The van der Waals surface area contributed by atoms with Crippen LogP contribution in [-0.4, -0.2) is 8.07 Å². The maximum atomic E-state index is 3.39. The highest BCUT2D eigenvalue weighted by molar-refractivity contribution is 7.12. The third-order valence-corrected chi connectivity index (χ3v) is 3.45. The molecule has 70 valence electrons. The van der Waals surface area contributed by atoms with Crippen LogP contribution in [0.25, 0.3) is 0 Å². The molecule has 0 amide bonds. The fraction of sp³-hybridized carbons (Fsp3) is 0.455. The maximum absolute atomic E-state index is 3.39. The average molecular weight is 208 g/mol. The van der Waals surface area contributed by atoms with E-state index in [1.54, 1.807) is 0 Å². The van der Waals surface area contributed by atoms with Crippen molar-refractivity contribution in [3.63, 3.8) is 0 Å². The van der Waals surface area contributed by atoms with E-state index in [2.05, 4.69) is 51.0 Å². The Kier molecular flexibility index (Phi) is 3.00. The third-order valence-electron chi connectivity index (χ3n) is 1.61. The van der Waals surface area contributed by atoms with Crippen molar-refractivity contribution in [3.05, 3.63) is 21.4 Å². The van der Waals surface area contributed by atoms with E-state index in [1.165, 1.54) is 15.3 Å². The summed E-state index contributed by atoms with van der Waals surface area (Å²) < 4.78 is 0. The standard InChI is InChI=1S/C11H16SSi/c1-9-8-11(10(2)12-9)6-7-13(3,4)5/h8H,1-5H3. The lowest BCUT2D eigenvalue weighted by Crippen LogP contribution is -2.16. The number of aryl methyl sites for hydroxylation is 2. The summed E-state index contributed by atoms with van der Waals surface area (Å²) in [5.74, 6) is 3.30. The van der Waals surface area contributed by atoms with Gasteiger partial charge in [-0.3, -0.25) is 0 Å². The van der Waals surface area contributed by atoms with Crippen molar-refractivity contribution in [1.82, 2.24) is 0 Å². The smallest absolute Gasteiger partial charge is 0.129 e. The van der Waals surface area contributed by atoms with Gasteiger partial charge in [-0.25, -0.2) is 0 Å². The van der Waals surface area contributed by atoms with Crippen molar-refractivity contribution in [3.8, 4) is 11.5 Å². The van der Waals surface area contributed by atoms with E-state index in [0.717, 1.165) is 0 Å². The van der Waals surface area contributed by atoms with Gasteiger partial charge >= 0.3 is 0 Å². The van der Waals surface area contributed by atoms with Crippen molar-refractivity contribution >= 4 is 19.4 Å². The van der Waals surface area contributed by atoms with E-state index in [1.807, 2.05) is 11.3 Å². The van der Waals surface area contributed by atoms with E-state index in [-0.39, 0.29) is 0 Å². The molecule has 13 heavy (non-hydrogen) atoms. The molecule has 0 fully saturated rings. The Balaban J connectivity index is 2.96. The maximum Gasteiger partial charge on any atom is 0.129 e. The minimum Gasteiger partial charge on any atom is -0.145 e. The van der Waals surface area contributed by atoms with Gasteiger partial charge in [-0.05, 0) is 19.9 Å². The van der Waals surface area contributed by atoms with E-state index < -0.39 is 8.07 Å². The fourth-order valence-corrected chi connectivity index (χ4v) is 2.40. The van der Waals surface area contributed by atoms with Crippen LogP contribution in [0.1, 0.15) is 15.3 Å². The van der Waals surface area contributed by atoms with Crippen LogP contribution in [0.15, 0.2) is 6.07 Å². The molecule has 1 heterocycles.